The molecule has 92 valence electrons. The Morgan fingerprint density at radius 1 is 1.35 bits per heavy atom. The second kappa shape index (κ2) is 5.12. The van der Waals surface area contributed by atoms with Gasteiger partial charge in [-0.3, -0.25) is 14.8 Å². The summed E-state index contributed by atoms with van der Waals surface area (Å²) < 4.78 is 0. The maximum atomic E-state index is 4.18. The average molecular weight is 232 g/mol. The summed E-state index contributed by atoms with van der Waals surface area (Å²) >= 11 is 0. The van der Waals surface area contributed by atoms with Crippen LogP contribution in [-0.4, -0.2) is 60.1 Å². The highest BCUT2D eigenvalue weighted by Crippen LogP contribution is 2.13. The fourth-order valence-corrected chi connectivity index (χ4v) is 2.83. The first-order valence-corrected chi connectivity index (χ1v) is 6.48. The Hall–Kier alpha value is -0.970. The molecule has 1 N–H and O–H groups in total. The molecule has 0 bridgehead atoms. The van der Waals surface area contributed by atoms with Crippen LogP contribution in [-0.2, 0) is 6.54 Å². The van der Waals surface area contributed by atoms with Gasteiger partial charge in [0.25, 0.3) is 0 Å². The summed E-state index contributed by atoms with van der Waals surface area (Å²) in [5.74, 6) is 0. The van der Waals surface area contributed by atoms with Gasteiger partial charge in [-0.2, -0.15) is 0 Å². The van der Waals surface area contributed by atoms with Gasteiger partial charge in [0.2, 0.25) is 0 Å². The molecule has 2 fully saturated rings. The average Bonchev–Trinajstić information content (AvgIpc) is 2.40. The van der Waals surface area contributed by atoms with Crippen molar-refractivity contribution in [3.8, 4) is 0 Å². The predicted octanol–water partition coefficient (Wildman–Crippen LogP) is 0.171. The number of nitrogens with one attached hydrogen (secondary N) is 1. The monoisotopic (exact) mass is 232 g/mol. The Kier molecular flexibility index (Phi) is 3.36. The molecule has 0 radical (unpaired) electrons. The van der Waals surface area contributed by atoms with E-state index in [4.69, 9.17) is 0 Å². The Bertz CT molecular complexity index is 354. The van der Waals surface area contributed by atoms with Gasteiger partial charge in [-0.15, -0.1) is 0 Å². The van der Waals surface area contributed by atoms with E-state index in [-0.39, 0.29) is 0 Å². The van der Waals surface area contributed by atoms with Crippen molar-refractivity contribution in [2.24, 2.45) is 0 Å². The van der Waals surface area contributed by atoms with Crippen molar-refractivity contribution in [1.29, 1.82) is 0 Å². The maximum absolute atomic E-state index is 4.18. The quantitative estimate of drug-likeness (QED) is 0.788. The first kappa shape index (κ1) is 11.1. The van der Waals surface area contributed by atoms with E-state index in [0.717, 1.165) is 19.6 Å². The maximum Gasteiger partial charge on any atom is 0.0349 e. The minimum atomic E-state index is 0.703. The van der Waals surface area contributed by atoms with Crippen LogP contribution in [0.3, 0.4) is 0 Å². The summed E-state index contributed by atoms with van der Waals surface area (Å²) in [4.78, 5) is 9.35. The third-order valence-corrected chi connectivity index (χ3v) is 3.77. The molecule has 1 aromatic rings. The molecule has 3 rings (SSSR count). The van der Waals surface area contributed by atoms with Gasteiger partial charge in [-0.25, -0.2) is 0 Å². The molecule has 3 heterocycles. The smallest absolute Gasteiger partial charge is 0.0349 e. The van der Waals surface area contributed by atoms with Gasteiger partial charge in [0.05, 0.1) is 0 Å². The molecule has 1 aromatic heterocycles. The summed E-state index contributed by atoms with van der Waals surface area (Å²) in [6.07, 6.45) is 3.82. The molecule has 0 aliphatic carbocycles. The highest BCUT2D eigenvalue weighted by Gasteiger charge is 2.28. The Morgan fingerprint density at radius 2 is 2.35 bits per heavy atom. The molecule has 0 spiro atoms. The van der Waals surface area contributed by atoms with E-state index in [9.17, 15) is 0 Å². The standard InChI is InChI=1S/C13H20N4/c1-2-12(8-14-3-1)10-16-6-7-17-5-4-15-9-13(17)11-16/h1-3,8,13,15H,4-7,9-11H2. The summed E-state index contributed by atoms with van der Waals surface area (Å²) in [6, 6.07) is 4.89. The third-order valence-electron chi connectivity index (χ3n) is 3.77. The zero-order valence-corrected chi connectivity index (χ0v) is 10.2. The molecule has 0 aromatic carbocycles. The van der Waals surface area contributed by atoms with Gasteiger partial charge in [0, 0.05) is 64.2 Å². The van der Waals surface area contributed by atoms with E-state index >= 15 is 0 Å². The molecule has 2 aliphatic heterocycles. The number of aromatic nitrogens is 1. The van der Waals surface area contributed by atoms with Crippen molar-refractivity contribution in [2.45, 2.75) is 12.6 Å². The van der Waals surface area contributed by atoms with E-state index in [1.807, 2.05) is 18.5 Å². The first-order valence-electron chi connectivity index (χ1n) is 6.48. The lowest BCUT2D eigenvalue weighted by Crippen LogP contribution is -2.60. The summed E-state index contributed by atoms with van der Waals surface area (Å²) in [6.45, 7) is 8.13. The molecule has 2 saturated heterocycles. The van der Waals surface area contributed by atoms with Crippen LogP contribution in [0.25, 0.3) is 0 Å². The second-order valence-electron chi connectivity index (χ2n) is 4.99. The van der Waals surface area contributed by atoms with Crippen molar-refractivity contribution in [3.63, 3.8) is 0 Å². The van der Waals surface area contributed by atoms with Crippen LogP contribution in [0.4, 0.5) is 0 Å². The number of pyridine rings is 1. The van der Waals surface area contributed by atoms with Crippen LogP contribution in [0.5, 0.6) is 0 Å². The number of hydrogen-bond acceptors (Lipinski definition) is 4. The van der Waals surface area contributed by atoms with Crippen LogP contribution < -0.4 is 5.32 Å². The summed E-state index contributed by atoms with van der Waals surface area (Å²) in [5.41, 5.74) is 1.32. The molecule has 1 atom stereocenters. The van der Waals surface area contributed by atoms with Gasteiger partial charge in [0.1, 0.15) is 0 Å². The highest BCUT2D eigenvalue weighted by molar-refractivity contribution is 5.08. The molecule has 2 aliphatic rings. The van der Waals surface area contributed by atoms with Crippen LogP contribution in [0, 0.1) is 0 Å². The minimum absolute atomic E-state index is 0.703. The van der Waals surface area contributed by atoms with Gasteiger partial charge >= 0.3 is 0 Å². The van der Waals surface area contributed by atoms with E-state index in [2.05, 4.69) is 26.2 Å². The number of rotatable bonds is 2. The molecule has 0 saturated carbocycles. The summed E-state index contributed by atoms with van der Waals surface area (Å²) in [5, 5.41) is 3.49. The fraction of sp³-hybridized carbons (Fsp3) is 0.615. The first-order chi connectivity index (χ1) is 8.42. The zero-order valence-electron chi connectivity index (χ0n) is 10.2. The normalized spacial score (nSPS) is 26.7. The highest BCUT2D eigenvalue weighted by atomic mass is 15.3. The molecular weight excluding hydrogens is 212 g/mol. The molecule has 4 heteroatoms. The Balaban J connectivity index is 1.59. The minimum Gasteiger partial charge on any atom is -0.314 e. The van der Waals surface area contributed by atoms with Crippen molar-refractivity contribution in [2.75, 3.05) is 39.3 Å². The van der Waals surface area contributed by atoms with E-state index < -0.39 is 0 Å². The molecule has 0 amide bonds. The molecule has 1 unspecified atom stereocenters. The molecular formula is C13H20N4. The Morgan fingerprint density at radius 3 is 3.24 bits per heavy atom. The topological polar surface area (TPSA) is 31.4 Å². The number of fused-ring (bicyclic) bond motifs is 1. The van der Waals surface area contributed by atoms with Crippen LogP contribution in [0.2, 0.25) is 0 Å². The zero-order chi connectivity index (χ0) is 11.5. The second-order valence-corrected chi connectivity index (χ2v) is 4.99. The molecule has 17 heavy (non-hydrogen) atoms. The van der Waals surface area contributed by atoms with E-state index in [0.29, 0.717) is 6.04 Å². The van der Waals surface area contributed by atoms with Crippen LogP contribution >= 0.6 is 0 Å². The van der Waals surface area contributed by atoms with Gasteiger partial charge in [-0.05, 0) is 11.6 Å². The lowest BCUT2D eigenvalue weighted by Gasteiger charge is -2.44. The van der Waals surface area contributed by atoms with Crippen LogP contribution in [0.1, 0.15) is 5.56 Å². The Labute approximate surface area is 103 Å². The van der Waals surface area contributed by atoms with Crippen molar-refractivity contribution >= 4 is 0 Å². The fourth-order valence-electron chi connectivity index (χ4n) is 2.83. The van der Waals surface area contributed by atoms with Gasteiger partial charge in [-0.1, -0.05) is 6.07 Å². The van der Waals surface area contributed by atoms with Crippen molar-refractivity contribution in [3.05, 3.63) is 30.1 Å². The van der Waals surface area contributed by atoms with E-state index in [1.165, 1.54) is 31.7 Å². The van der Waals surface area contributed by atoms with Gasteiger partial charge < -0.3 is 5.32 Å². The number of piperazine rings is 2. The van der Waals surface area contributed by atoms with Crippen molar-refractivity contribution in [1.82, 2.24) is 20.1 Å². The van der Waals surface area contributed by atoms with Gasteiger partial charge in [0.15, 0.2) is 0 Å². The van der Waals surface area contributed by atoms with E-state index in [1.54, 1.807) is 0 Å². The van der Waals surface area contributed by atoms with Crippen LogP contribution in [0.15, 0.2) is 24.5 Å². The lowest BCUT2D eigenvalue weighted by atomic mass is 10.1. The number of nitrogens with zero attached hydrogens (tertiary/aromatic N) is 3. The number of hydrogen-bond donors (Lipinski definition) is 1. The summed E-state index contributed by atoms with van der Waals surface area (Å²) in [7, 11) is 0. The predicted molar refractivity (Wildman–Crippen MR) is 67.7 cm³/mol. The van der Waals surface area contributed by atoms with Crippen molar-refractivity contribution < 1.29 is 0 Å². The lowest BCUT2D eigenvalue weighted by molar-refractivity contribution is 0.0541. The third kappa shape index (κ3) is 2.65. The molecule has 4 nitrogen and oxygen atoms in total. The SMILES string of the molecule is c1cncc(CN2CCN3CCNCC3C2)c1. The largest absolute Gasteiger partial charge is 0.314 e.